The second-order valence-electron chi connectivity index (χ2n) is 6.07. The van der Waals surface area contributed by atoms with Gasteiger partial charge in [0.15, 0.2) is 5.82 Å². The molecule has 1 fully saturated rings. The van der Waals surface area contributed by atoms with Crippen molar-refractivity contribution in [3.05, 3.63) is 42.0 Å². The lowest BCUT2D eigenvalue weighted by Gasteiger charge is -2.40. The maximum Gasteiger partial charge on any atom is 0.416 e. The van der Waals surface area contributed by atoms with Gasteiger partial charge in [0.2, 0.25) is 0 Å². The van der Waals surface area contributed by atoms with Gasteiger partial charge in [-0.3, -0.25) is 0 Å². The molecule has 1 aromatic carbocycles. The zero-order chi connectivity index (χ0) is 16.0. The van der Waals surface area contributed by atoms with Crippen LogP contribution in [0.25, 0.3) is 11.3 Å². The first-order valence-corrected chi connectivity index (χ1v) is 7.71. The van der Waals surface area contributed by atoms with Gasteiger partial charge in [0.05, 0.1) is 16.9 Å². The van der Waals surface area contributed by atoms with Gasteiger partial charge >= 0.3 is 6.18 Å². The Kier molecular flexibility index (Phi) is 3.21. The maximum absolute atomic E-state index is 12.9. The van der Waals surface area contributed by atoms with Crippen LogP contribution in [0.5, 0.6) is 0 Å². The molecule has 1 N–H and O–H groups in total. The molecule has 6 heteroatoms. The zero-order valence-corrected chi connectivity index (χ0v) is 12.4. The van der Waals surface area contributed by atoms with Crippen LogP contribution in [0.2, 0.25) is 0 Å². The quantitative estimate of drug-likeness (QED) is 0.855. The molecule has 2 aliphatic heterocycles. The number of anilines is 2. The molecule has 2 bridgehead atoms. The van der Waals surface area contributed by atoms with Crippen molar-refractivity contribution in [2.45, 2.75) is 25.1 Å². The molecular formula is C17H16F3N3. The van der Waals surface area contributed by atoms with Crippen molar-refractivity contribution < 1.29 is 13.2 Å². The van der Waals surface area contributed by atoms with Gasteiger partial charge in [-0.15, -0.1) is 0 Å². The summed E-state index contributed by atoms with van der Waals surface area (Å²) in [7, 11) is 0. The number of rotatable bonds is 1. The number of halogens is 3. The van der Waals surface area contributed by atoms with Gasteiger partial charge in [0, 0.05) is 24.7 Å². The molecule has 2 aliphatic rings. The summed E-state index contributed by atoms with van der Waals surface area (Å²) in [6, 6.07) is 9.44. The molecule has 0 amide bonds. The number of nitrogens with zero attached hydrogens (tertiary/aromatic N) is 2. The third-order valence-electron chi connectivity index (χ3n) is 4.46. The van der Waals surface area contributed by atoms with Crippen molar-refractivity contribution in [1.82, 2.24) is 4.98 Å². The fourth-order valence-electron chi connectivity index (χ4n) is 3.34. The number of piperidine rings is 1. The highest BCUT2D eigenvalue weighted by Gasteiger charge is 2.31. The number of pyridine rings is 1. The topological polar surface area (TPSA) is 28.2 Å². The second kappa shape index (κ2) is 5.15. The van der Waals surface area contributed by atoms with Crippen LogP contribution < -0.4 is 10.2 Å². The molecule has 0 saturated carbocycles. The molecule has 0 aliphatic carbocycles. The number of aromatic nitrogens is 1. The van der Waals surface area contributed by atoms with E-state index >= 15 is 0 Å². The Hall–Kier alpha value is -2.24. The van der Waals surface area contributed by atoms with Gasteiger partial charge in [-0.25, -0.2) is 4.98 Å². The number of hydrogen-bond acceptors (Lipinski definition) is 3. The number of hydrogen-bond donors (Lipinski definition) is 1. The van der Waals surface area contributed by atoms with Gasteiger partial charge in [-0.2, -0.15) is 13.2 Å². The Balaban J connectivity index is 1.73. The Morgan fingerprint density at radius 3 is 2.87 bits per heavy atom. The van der Waals surface area contributed by atoms with E-state index in [9.17, 15) is 13.2 Å². The van der Waals surface area contributed by atoms with Crippen LogP contribution in [0.15, 0.2) is 36.4 Å². The molecule has 120 valence electrons. The van der Waals surface area contributed by atoms with E-state index in [1.165, 1.54) is 6.07 Å². The lowest BCUT2D eigenvalue weighted by Crippen LogP contribution is -2.46. The summed E-state index contributed by atoms with van der Waals surface area (Å²) in [6.45, 7) is 1.98. The van der Waals surface area contributed by atoms with Gasteiger partial charge in [-0.1, -0.05) is 12.1 Å². The van der Waals surface area contributed by atoms with Gasteiger partial charge < -0.3 is 10.2 Å². The summed E-state index contributed by atoms with van der Waals surface area (Å²) in [4.78, 5) is 6.86. The SMILES string of the molecule is FC(F)(F)c1cccc(-c2ccc3c(n2)N[C@@H]2CCCN3C2)c1. The standard InChI is InChI=1S/C17H16F3N3/c18-17(19,20)12-4-1-3-11(9-12)14-6-7-15-16(22-14)21-13-5-2-8-23(15)10-13/h1,3-4,6-7,9,13H,2,5,8,10H2,(H,21,22)/t13-/m1/s1. The lowest BCUT2D eigenvalue weighted by molar-refractivity contribution is -0.137. The summed E-state index contributed by atoms with van der Waals surface area (Å²) in [5, 5.41) is 3.41. The van der Waals surface area contributed by atoms with E-state index < -0.39 is 11.7 Å². The van der Waals surface area contributed by atoms with E-state index in [1.807, 2.05) is 6.07 Å². The van der Waals surface area contributed by atoms with E-state index in [2.05, 4.69) is 15.2 Å². The minimum Gasteiger partial charge on any atom is -0.366 e. The molecule has 0 radical (unpaired) electrons. The number of alkyl halides is 3. The van der Waals surface area contributed by atoms with E-state index in [0.29, 0.717) is 17.3 Å². The van der Waals surface area contributed by atoms with Crippen molar-refractivity contribution in [3.8, 4) is 11.3 Å². The molecule has 0 unspecified atom stereocenters. The first kappa shape index (κ1) is 14.4. The summed E-state index contributed by atoms with van der Waals surface area (Å²) < 4.78 is 38.6. The van der Waals surface area contributed by atoms with E-state index in [-0.39, 0.29) is 0 Å². The average Bonchev–Trinajstić information content (AvgIpc) is 2.54. The molecule has 23 heavy (non-hydrogen) atoms. The molecule has 3 heterocycles. The van der Waals surface area contributed by atoms with E-state index in [1.54, 1.807) is 12.1 Å². The monoisotopic (exact) mass is 319 g/mol. The maximum atomic E-state index is 12.9. The van der Waals surface area contributed by atoms with Crippen molar-refractivity contribution in [2.24, 2.45) is 0 Å². The van der Waals surface area contributed by atoms with Gasteiger partial charge in [-0.05, 0) is 37.1 Å². The zero-order valence-electron chi connectivity index (χ0n) is 12.4. The molecule has 1 aromatic heterocycles. The van der Waals surface area contributed by atoms with Gasteiger partial charge in [0.1, 0.15) is 0 Å². The van der Waals surface area contributed by atoms with Crippen LogP contribution in [0.1, 0.15) is 18.4 Å². The number of benzene rings is 1. The third kappa shape index (κ3) is 2.62. The third-order valence-corrected chi connectivity index (χ3v) is 4.46. The largest absolute Gasteiger partial charge is 0.416 e. The van der Waals surface area contributed by atoms with E-state index in [4.69, 9.17) is 0 Å². The molecule has 0 spiro atoms. The Morgan fingerprint density at radius 1 is 1.17 bits per heavy atom. The molecule has 2 aromatic rings. The Morgan fingerprint density at radius 2 is 2.04 bits per heavy atom. The van der Waals surface area contributed by atoms with Crippen LogP contribution in [-0.2, 0) is 6.18 Å². The van der Waals surface area contributed by atoms with Crippen molar-refractivity contribution >= 4 is 11.5 Å². The first-order valence-electron chi connectivity index (χ1n) is 7.71. The predicted molar refractivity (Wildman–Crippen MR) is 83.5 cm³/mol. The number of nitrogens with one attached hydrogen (secondary N) is 1. The fraction of sp³-hybridized carbons (Fsp3) is 0.353. The fourth-order valence-corrected chi connectivity index (χ4v) is 3.34. The minimum absolute atomic E-state index is 0.375. The smallest absolute Gasteiger partial charge is 0.366 e. The van der Waals surface area contributed by atoms with Crippen molar-refractivity contribution in [3.63, 3.8) is 0 Å². The summed E-state index contributed by atoms with van der Waals surface area (Å²) in [6.07, 6.45) is -2.09. The van der Waals surface area contributed by atoms with Crippen LogP contribution in [-0.4, -0.2) is 24.1 Å². The van der Waals surface area contributed by atoms with E-state index in [0.717, 1.165) is 49.6 Å². The summed E-state index contributed by atoms with van der Waals surface area (Å²) in [5.41, 5.74) is 1.43. The second-order valence-corrected chi connectivity index (χ2v) is 6.07. The highest BCUT2D eigenvalue weighted by molar-refractivity contribution is 5.74. The van der Waals surface area contributed by atoms with Crippen LogP contribution >= 0.6 is 0 Å². The first-order chi connectivity index (χ1) is 11.0. The highest BCUT2D eigenvalue weighted by Crippen LogP contribution is 2.36. The summed E-state index contributed by atoms with van der Waals surface area (Å²) in [5.74, 6) is 0.774. The molecule has 1 atom stereocenters. The highest BCUT2D eigenvalue weighted by atomic mass is 19.4. The van der Waals surface area contributed by atoms with Crippen molar-refractivity contribution in [2.75, 3.05) is 23.3 Å². The Bertz CT molecular complexity index is 742. The van der Waals surface area contributed by atoms with Gasteiger partial charge in [0.25, 0.3) is 0 Å². The predicted octanol–water partition coefficient (Wildman–Crippen LogP) is 4.16. The van der Waals surface area contributed by atoms with Crippen molar-refractivity contribution in [1.29, 1.82) is 0 Å². The number of fused-ring (bicyclic) bond motifs is 4. The van der Waals surface area contributed by atoms with Crippen LogP contribution in [0.3, 0.4) is 0 Å². The Labute approximate surface area is 132 Å². The lowest BCUT2D eigenvalue weighted by atomic mass is 10.0. The molecule has 4 rings (SSSR count). The average molecular weight is 319 g/mol. The molecule has 3 nitrogen and oxygen atoms in total. The molecular weight excluding hydrogens is 303 g/mol. The molecule has 1 saturated heterocycles. The minimum atomic E-state index is -4.34. The van der Waals surface area contributed by atoms with Crippen LogP contribution in [0.4, 0.5) is 24.7 Å². The van der Waals surface area contributed by atoms with Crippen LogP contribution in [0, 0.1) is 0 Å². The normalized spacial score (nSPS) is 20.0. The summed E-state index contributed by atoms with van der Waals surface area (Å²) >= 11 is 0.